The molecule has 3 aromatic carbocycles. The maximum absolute atomic E-state index is 14.9. The van der Waals surface area contributed by atoms with Gasteiger partial charge in [0.25, 0.3) is 0 Å². The van der Waals surface area contributed by atoms with E-state index in [9.17, 15) is 20.0 Å². The number of carbonyl (C=O) groups excluding carboxylic acids is 2. The third kappa shape index (κ3) is 4.98. The van der Waals surface area contributed by atoms with Crippen molar-refractivity contribution in [2.45, 2.75) is 74.6 Å². The topological polar surface area (TPSA) is 161 Å². The Bertz CT molecular complexity index is 2240. The fourth-order valence-electron chi connectivity index (χ4n) is 10.3. The third-order valence-electron chi connectivity index (χ3n) is 12.6. The van der Waals surface area contributed by atoms with E-state index in [1.165, 1.54) is 18.7 Å². The van der Waals surface area contributed by atoms with Crippen LogP contribution in [-0.2, 0) is 32.7 Å². The number of benzene rings is 3. The average Bonchev–Trinajstić information content (AvgIpc) is 3.68. The molecule has 0 saturated carbocycles. The van der Waals surface area contributed by atoms with Gasteiger partial charge in [-0.1, -0.05) is 6.07 Å². The molecule has 15 heteroatoms. The molecule has 2 N–H and O–H groups in total. The first kappa shape index (κ1) is 36.7. The Kier molecular flexibility index (Phi) is 8.77. The predicted molar refractivity (Wildman–Crippen MR) is 203 cm³/mol. The summed E-state index contributed by atoms with van der Waals surface area (Å²) in [6.45, 7) is 5.41. The van der Waals surface area contributed by atoms with Gasteiger partial charge in [0.1, 0.15) is 18.4 Å². The molecule has 7 heterocycles. The maximum atomic E-state index is 14.9. The first-order chi connectivity index (χ1) is 27.0. The normalized spacial score (nSPS) is 28.6. The van der Waals surface area contributed by atoms with Crippen LogP contribution in [0.15, 0.2) is 18.2 Å². The highest BCUT2D eigenvalue weighted by atomic mass is 32.2. The number of phenolic OH excluding ortho intramolecular Hbond substituents is 1. The number of esters is 2. The lowest BCUT2D eigenvalue weighted by Crippen LogP contribution is -2.69. The maximum Gasteiger partial charge on any atom is 0.331 e. The minimum atomic E-state index is -1.31. The summed E-state index contributed by atoms with van der Waals surface area (Å²) >= 11 is 1.52. The van der Waals surface area contributed by atoms with Crippen LogP contribution in [-0.4, -0.2) is 99.0 Å². The molecule has 7 atom stereocenters. The lowest BCUT2D eigenvalue weighted by Gasteiger charge is -2.62. The van der Waals surface area contributed by atoms with Crippen LogP contribution in [0.1, 0.15) is 68.8 Å². The van der Waals surface area contributed by atoms with E-state index in [0.29, 0.717) is 70.6 Å². The molecule has 7 aliphatic rings. The first-order valence-electron chi connectivity index (χ1n) is 18.7. The van der Waals surface area contributed by atoms with Crippen molar-refractivity contribution in [2.24, 2.45) is 0 Å². The molecule has 14 nitrogen and oxygen atoms in total. The van der Waals surface area contributed by atoms with E-state index in [0.717, 1.165) is 27.8 Å². The number of carbonyl (C=O) groups is 2. The van der Waals surface area contributed by atoms with Crippen molar-refractivity contribution >= 4 is 23.7 Å². The highest BCUT2D eigenvalue weighted by Crippen LogP contribution is 2.64. The van der Waals surface area contributed by atoms with Gasteiger partial charge in [-0.2, -0.15) is 5.26 Å². The van der Waals surface area contributed by atoms with Crippen LogP contribution < -0.4 is 33.7 Å². The Morgan fingerprint density at radius 3 is 2.48 bits per heavy atom. The van der Waals surface area contributed by atoms with E-state index < -0.39 is 46.9 Å². The smallest absolute Gasteiger partial charge is 0.331 e. The zero-order valence-electron chi connectivity index (χ0n) is 32.3. The van der Waals surface area contributed by atoms with E-state index in [-0.39, 0.29) is 30.9 Å². The first-order valence-corrected chi connectivity index (χ1v) is 19.8. The number of nitrogens with one attached hydrogen (secondary N) is 1. The molecule has 2 fully saturated rings. The molecule has 0 aliphatic carbocycles. The van der Waals surface area contributed by atoms with Crippen LogP contribution in [0, 0.1) is 25.2 Å². The summed E-state index contributed by atoms with van der Waals surface area (Å²) < 4.78 is 42.1. The third-order valence-corrected chi connectivity index (χ3v) is 14.1. The number of piperazine rings is 1. The molecule has 294 valence electrons. The van der Waals surface area contributed by atoms with Gasteiger partial charge in [0.2, 0.25) is 6.79 Å². The number of rotatable bonds is 4. The summed E-state index contributed by atoms with van der Waals surface area (Å²) in [4.78, 5) is 32.2. The largest absolute Gasteiger partial charge is 0.504 e. The molecule has 1 spiro atoms. The van der Waals surface area contributed by atoms with Crippen molar-refractivity contribution in [3.63, 3.8) is 0 Å². The van der Waals surface area contributed by atoms with E-state index in [1.807, 2.05) is 33.0 Å². The summed E-state index contributed by atoms with van der Waals surface area (Å²) in [5.74, 6) is 1.99. The number of phenols is 1. The van der Waals surface area contributed by atoms with E-state index >= 15 is 0 Å². The van der Waals surface area contributed by atoms with Crippen LogP contribution in [0.5, 0.6) is 40.2 Å². The van der Waals surface area contributed by atoms with Crippen molar-refractivity contribution in [1.82, 2.24) is 15.1 Å². The highest BCUT2D eigenvalue weighted by molar-refractivity contribution is 7.99. The number of thioether (sulfide) groups is 1. The van der Waals surface area contributed by atoms with Gasteiger partial charge in [0, 0.05) is 53.6 Å². The van der Waals surface area contributed by atoms with Crippen LogP contribution in [0.3, 0.4) is 0 Å². The minimum Gasteiger partial charge on any atom is -0.504 e. The second kappa shape index (κ2) is 13.4. The Labute approximate surface area is 328 Å². The summed E-state index contributed by atoms with van der Waals surface area (Å²) in [5, 5.41) is 26.3. The zero-order chi connectivity index (χ0) is 39.4. The van der Waals surface area contributed by atoms with Gasteiger partial charge in [-0.05, 0) is 68.1 Å². The molecule has 7 aliphatic heterocycles. The Balaban J connectivity index is 1.33. The number of nitriles is 1. The summed E-state index contributed by atoms with van der Waals surface area (Å²) in [6.07, 6.45) is 1.15. The van der Waals surface area contributed by atoms with Crippen LogP contribution >= 0.6 is 11.8 Å². The van der Waals surface area contributed by atoms with E-state index in [1.54, 1.807) is 21.3 Å². The van der Waals surface area contributed by atoms with Gasteiger partial charge in [0.05, 0.1) is 44.7 Å². The molecular weight excluding hydrogens is 741 g/mol. The van der Waals surface area contributed by atoms with Crippen LogP contribution in [0.2, 0.25) is 0 Å². The van der Waals surface area contributed by atoms with Crippen molar-refractivity contribution in [2.75, 3.05) is 54.1 Å². The molecule has 2 saturated heterocycles. The van der Waals surface area contributed by atoms with Crippen LogP contribution in [0.4, 0.5) is 0 Å². The van der Waals surface area contributed by atoms with Crippen molar-refractivity contribution < 1.29 is 47.9 Å². The number of likely N-dealkylation sites (N-methyl/N-ethyl adjacent to an activating group) is 1. The number of aromatic hydroxyl groups is 1. The van der Waals surface area contributed by atoms with Gasteiger partial charge in [-0.3, -0.25) is 19.9 Å². The van der Waals surface area contributed by atoms with Crippen molar-refractivity contribution in [1.29, 1.82) is 5.26 Å². The molecule has 4 bridgehead atoms. The molecule has 0 radical (unpaired) electrons. The van der Waals surface area contributed by atoms with Gasteiger partial charge in [-0.25, -0.2) is 4.79 Å². The lowest BCUT2D eigenvalue weighted by atomic mass is 9.71. The quantitative estimate of drug-likeness (QED) is 0.285. The number of hydrogen-bond acceptors (Lipinski definition) is 15. The Hall–Kier alpha value is -4.88. The second-order valence-corrected chi connectivity index (χ2v) is 16.4. The molecule has 56 heavy (non-hydrogen) atoms. The predicted octanol–water partition coefficient (Wildman–Crippen LogP) is 4.29. The average molecular weight is 785 g/mol. The van der Waals surface area contributed by atoms with Gasteiger partial charge in [-0.15, -0.1) is 11.8 Å². The lowest BCUT2D eigenvalue weighted by molar-refractivity contribution is -0.157. The number of ether oxygens (including phenoxy) is 7. The van der Waals surface area contributed by atoms with Crippen molar-refractivity contribution in [3.8, 4) is 46.3 Å². The number of fused-ring (bicyclic) bond motifs is 9. The fourth-order valence-corrected chi connectivity index (χ4v) is 12.0. The summed E-state index contributed by atoms with van der Waals surface area (Å²) in [6, 6.07) is 5.82. The summed E-state index contributed by atoms with van der Waals surface area (Å²) in [5.41, 5.74) is 4.80. The summed E-state index contributed by atoms with van der Waals surface area (Å²) in [7, 11) is 6.70. The SMILES string of the molecule is COc1cc2c(cc1OC)[C@@]1(CS[C@@H]3c4c(OC(C)=O)c(C)c5c(c4[C@@H](COC1=O)N1C3[C@H]3c4c(cc(C)c(OC)c4O)C[C@H]([C@@H]1C#N)N3C)OCO5)NCC2. The zero-order valence-corrected chi connectivity index (χ0v) is 33.1. The fraction of sp³-hybridized carbons (Fsp3) is 0.488. The molecule has 0 amide bonds. The van der Waals surface area contributed by atoms with Crippen molar-refractivity contribution in [3.05, 3.63) is 62.7 Å². The number of aryl methyl sites for hydroxylation is 1. The molecule has 1 unspecified atom stereocenters. The van der Waals surface area contributed by atoms with Crippen LogP contribution in [0.25, 0.3) is 0 Å². The van der Waals surface area contributed by atoms with E-state index in [2.05, 4.69) is 27.3 Å². The second-order valence-electron chi connectivity index (χ2n) is 15.3. The minimum absolute atomic E-state index is 0.0505. The molecule has 0 aromatic heterocycles. The monoisotopic (exact) mass is 784 g/mol. The molecular formula is C41H44N4O10S. The molecule has 3 aromatic rings. The molecule has 10 rings (SSSR count). The highest BCUT2D eigenvalue weighted by Gasteiger charge is 2.62. The standard InChI is InChI=1S/C41H44N4O10S/c1-18-10-22-11-24-25(14-42)45-26-15-52-40(48)41(23-13-28(50-6)27(49-5)12-21(23)8-9-43-41)16-56-39(33(45)32(44(24)4)29(22)34(47)35(18)51-7)31-30(26)38-37(53-17-54-38)19(2)36(31)55-20(3)46/h10,12-13,24-26,32-33,39,43,47H,8-9,11,15-17H2,1-7H3/t24-,25+,26-,32-,33?,39-,41-/m1/s1. The van der Waals surface area contributed by atoms with Gasteiger partial charge >= 0.3 is 11.9 Å². The van der Waals surface area contributed by atoms with E-state index in [4.69, 9.17) is 33.2 Å². The number of hydrogen-bond donors (Lipinski definition) is 2. The Morgan fingerprint density at radius 2 is 1.77 bits per heavy atom. The Morgan fingerprint density at radius 1 is 1.02 bits per heavy atom. The number of nitrogens with zero attached hydrogens (tertiary/aromatic N) is 3. The van der Waals surface area contributed by atoms with Gasteiger partial charge < -0.3 is 38.3 Å². The van der Waals surface area contributed by atoms with Gasteiger partial charge in [0.15, 0.2) is 40.0 Å². The number of methoxy groups -OCH3 is 3.